The predicted molar refractivity (Wildman–Crippen MR) is 117 cm³/mol. The summed E-state index contributed by atoms with van der Waals surface area (Å²) >= 11 is 0. The topological polar surface area (TPSA) is 87.9 Å². The fourth-order valence-corrected chi connectivity index (χ4v) is 2.96. The second-order valence-corrected chi connectivity index (χ2v) is 6.72. The number of hydrogen-bond acceptors (Lipinski definition) is 6. The van der Waals surface area contributed by atoms with Crippen LogP contribution in [-0.4, -0.2) is 24.4 Å². The zero-order valence-corrected chi connectivity index (χ0v) is 17.4. The number of benzene rings is 3. The molecule has 3 rings (SSSR count). The summed E-state index contributed by atoms with van der Waals surface area (Å²) in [6.07, 6.45) is 2.88. The summed E-state index contributed by atoms with van der Waals surface area (Å²) in [7, 11) is 1.50. The number of carbonyl (C=O) groups is 1. The molecule has 0 aromatic heterocycles. The highest BCUT2D eigenvalue weighted by atomic mass is 19.3. The van der Waals surface area contributed by atoms with E-state index in [1.165, 1.54) is 55.7 Å². The molecular formula is C24H19F2NO6. The third-order valence-corrected chi connectivity index (χ3v) is 4.50. The second-order valence-electron chi connectivity index (χ2n) is 6.72. The summed E-state index contributed by atoms with van der Waals surface area (Å²) in [5.74, 6) is 0.378. The smallest absolute Gasteiger partial charge is 0.387 e. The number of ketones is 1. The van der Waals surface area contributed by atoms with E-state index in [1.807, 2.05) is 0 Å². The number of nitro groups is 1. The number of carbonyl (C=O) groups excluding carboxylic acids is 1. The molecule has 0 aliphatic rings. The lowest BCUT2D eigenvalue weighted by Gasteiger charge is -2.11. The summed E-state index contributed by atoms with van der Waals surface area (Å²) in [4.78, 5) is 22.8. The Hall–Kier alpha value is -4.27. The molecule has 33 heavy (non-hydrogen) atoms. The van der Waals surface area contributed by atoms with Crippen molar-refractivity contribution in [3.63, 3.8) is 0 Å². The lowest BCUT2D eigenvalue weighted by molar-refractivity contribution is -0.384. The lowest BCUT2D eigenvalue weighted by Crippen LogP contribution is -2.03. The predicted octanol–water partition coefficient (Wildman–Crippen LogP) is 5.68. The van der Waals surface area contributed by atoms with Crippen LogP contribution in [0.3, 0.4) is 0 Å². The van der Waals surface area contributed by atoms with Gasteiger partial charge < -0.3 is 14.2 Å². The SMILES string of the molecule is COc1ccc(/C=C/C(=O)c2cccc(OC(F)F)c2)cc1COc1cccc([N+](=O)[O-])c1. The first-order valence-electron chi connectivity index (χ1n) is 9.67. The lowest BCUT2D eigenvalue weighted by atomic mass is 10.1. The number of non-ortho nitro benzene ring substituents is 1. The van der Waals surface area contributed by atoms with Crippen LogP contribution in [0.2, 0.25) is 0 Å². The monoisotopic (exact) mass is 455 g/mol. The van der Waals surface area contributed by atoms with Gasteiger partial charge in [0.05, 0.1) is 18.1 Å². The van der Waals surface area contributed by atoms with Gasteiger partial charge in [0.15, 0.2) is 5.78 Å². The molecule has 7 nitrogen and oxygen atoms in total. The van der Waals surface area contributed by atoms with Gasteiger partial charge in [0, 0.05) is 17.2 Å². The van der Waals surface area contributed by atoms with E-state index in [2.05, 4.69) is 4.74 Å². The molecule has 0 bridgehead atoms. The summed E-state index contributed by atoms with van der Waals surface area (Å²) in [6, 6.07) is 16.5. The summed E-state index contributed by atoms with van der Waals surface area (Å²) < 4.78 is 40.1. The van der Waals surface area contributed by atoms with Gasteiger partial charge in [-0.05, 0) is 42.0 Å². The number of halogens is 2. The van der Waals surface area contributed by atoms with E-state index in [1.54, 1.807) is 30.3 Å². The van der Waals surface area contributed by atoms with Crippen LogP contribution in [-0.2, 0) is 6.61 Å². The van der Waals surface area contributed by atoms with Gasteiger partial charge in [-0.15, -0.1) is 0 Å². The molecule has 0 spiro atoms. The summed E-state index contributed by atoms with van der Waals surface area (Å²) in [5, 5.41) is 10.9. The van der Waals surface area contributed by atoms with Crippen molar-refractivity contribution in [2.75, 3.05) is 7.11 Å². The molecule has 0 saturated heterocycles. The number of nitrogens with zero attached hydrogens (tertiary/aromatic N) is 1. The molecule has 3 aromatic carbocycles. The standard InChI is InChI=1S/C24H19F2NO6/c1-31-23-11-9-16(8-10-22(28)17-4-2-7-21(13-17)33-24(25)26)12-18(23)15-32-20-6-3-5-19(14-20)27(29)30/h2-14,24H,15H2,1H3/b10-8+. The number of nitro benzene ring substituents is 1. The van der Waals surface area contributed by atoms with E-state index < -0.39 is 11.5 Å². The third kappa shape index (κ3) is 6.60. The maximum atomic E-state index is 12.4. The third-order valence-electron chi connectivity index (χ3n) is 4.50. The van der Waals surface area contributed by atoms with Gasteiger partial charge in [-0.3, -0.25) is 14.9 Å². The first kappa shape index (κ1) is 23.4. The molecule has 0 fully saturated rings. The molecule has 0 unspecified atom stereocenters. The number of rotatable bonds is 10. The first-order valence-corrected chi connectivity index (χ1v) is 9.67. The van der Waals surface area contributed by atoms with Gasteiger partial charge in [-0.25, -0.2) is 0 Å². The fraction of sp³-hybridized carbons (Fsp3) is 0.125. The number of allylic oxidation sites excluding steroid dienone is 1. The number of methoxy groups -OCH3 is 1. The van der Waals surface area contributed by atoms with E-state index >= 15 is 0 Å². The van der Waals surface area contributed by atoms with Crippen LogP contribution in [0.25, 0.3) is 6.08 Å². The van der Waals surface area contributed by atoms with Crippen LogP contribution in [0.15, 0.2) is 72.8 Å². The maximum absolute atomic E-state index is 12.4. The molecule has 0 atom stereocenters. The van der Waals surface area contributed by atoms with Gasteiger partial charge in [0.2, 0.25) is 0 Å². The van der Waals surface area contributed by atoms with Crippen molar-refractivity contribution < 1.29 is 32.7 Å². The molecular weight excluding hydrogens is 436 g/mol. The van der Waals surface area contributed by atoms with E-state index in [9.17, 15) is 23.7 Å². The van der Waals surface area contributed by atoms with E-state index in [4.69, 9.17) is 9.47 Å². The molecule has 3 aromatic rings. The van der Waals surface area contributed by atoms with Crippen molar-refractivity contribution in [1.82, 2.24) is 0 Å². The highest BCUT2D eigenvalue weighted by Crippen LogP contribution is 2.25. The Labute approximate surface area is 188 Å². The fourth-order valence-electron chi connectivity index (χ4n) is 2.96. The maximum Gasteiger partial charge on any atom is 0.387 e. The van der Waals surface area contributed by atoms with Crippen molar-refractivity contribution >= 4 is 17.5 Å². The Bertz CT molecular complexity index is 1180. The molecule has 0 aliphatic heterocycles. The highest BCUT2D eigenvalue weighted by Gasteiger charge is 2.10. The summed E-state index contributed by atoms with van der Waals surface area (Å²) in [6.45, 7) is -2.90. The van der Waals surface area contributed by atoms with Gasteiger partial charge in [0.1, 0.15) is 23.9 Å². The van der Waals surface area contributed by atoms with Crippen LogP contribution >= 0.6 is 0 Å². The molecule has 0 aliphatic carbocycles. The van der Waals surface area contributed by atoms with Crippen LogP contribution < -0.4 is 14.2 Å². The van der Waals surface area contributed by atoms with Crippen molar-refractivity contribution in [1.29, 1.82) is 0 Å². The Morgan fingerprint density at radius 1 is 1.06 bits per heavy atom. The molecule has 170 valence electrons. The average Bonchev–Trinajstić information content (AvgIpc) is 2.81. The quantitative estimate of drug-likeness (QED) is 0.169. The molecule has 0 amide bonds. The van der Waals surface area contributed by atoms with E-state index in [0.29, 0.717) is 22.6 Å². The first-order chi connectivity index (χ1) is 15.9. The van der Waals surface area contributed by atoms with Gasteiger partial charge in [-0.2, -0.15) is 8.78 Å². The van der Waals surface area contributed by atoms with Crippen LogP contribution in [0.1, 0.15) is 21.5 Å². The molecule has 0 saturated carbocycles. The van der Waals surface area contributed by atoms with Crippen molar-refractivity contribution in [2.45, 2.75) is 13.2 Å². The van der Waals surface area contributed by atoms with Crippen LogP contribution in [0.5, 0.6) is 17.2 Å². The minimum absolute atomic E-state index is 0.0764. The number of hydrogen-bond donors (Lipinski definition) is 0. The Morgan fingerprint density at radius 3 is 2.55 bits per heavy atom. The van der Waals surface area contributed by atoms with Crippen molar-refractivity contribution in [3.05, 3.63) is 99.6 Å². The number of ether oxygens (including phenoxy) is 3. The Kier molecular flexibility index (Phi) is 7.69. The zero-order valence-electron chi connectivity index (χ0n) is 17.4. The van der Waals surface area contributed by atoms with Crippen LogP contribution in [0, 0.1) is 10.1 Å². The normalized spacial score (nSPS) is 10.9. The second kappa shape index (κ2) is 10.9. The number of alkyl halides is 2. The van der Waals surface area contributed by atoms with Gasteiger partial charge >= 0.3 is 6.61 Å². The zero-order chi connectivity index (χ0) is 23.8. The van der Waals surface area contributed by atoms with Crippen molar-refractivity contribution in [2.24, 2.45) is 0 Å². The minimum Gasteiger partial charge on any atom is -0.496 e. The highest BCUT2D eigenvalue weighted by molar-refractivity contribution is 6.07. The largest absolute Gasteiger partial charge is 0.496 e. The molecule has 0 N–H and O–H groups in total. The average molecular weight is 455 g/mol. The van der Waals surface area contributed by atoms with Crippen LogP contribution in [0.4, 0.5) is 14.5 Å². The minimum atomic E-state index is -2.98. The van der Waals surface area contributed by atoms with Gasteiger partial charge in [-0.1, -0.05) is 30.3 Å². The molecule has 9 heteroatoms. The van der Waals surface area contributed by atoms with E-state index in [-0.39, 0.29) is 29.4 Å². The van der Waals surface area contributed by atoms with E-state index in [0.717, 1.165) is 0 Å². The van der Waals surface area contributed by atoms with Crippen molar-refractivity contribution in [3.8, 4) is 17.2 Å². The van der Waals surface area contributed by atoms with Gasteiger partial charge in [0.25, 0.3) is 5.69 Å². The molecule has 0 radical (unpaired) electrons. The summed E-state index contributed by atoms with van der Waals surface area (Å²) in [5.41, 5.74) is 1.44. The Balaban J connectivity index is 1.73. The molecule has 0 heterocycles. The Morgan fingerprint density at radius 2 is 1.82 bits per heavy atom.